The van der Waals surface area contributed by atoms with Crippen LogP contribution in [0.1, 0.15) is 39.4 Å². The molecule has 2 aromatic rings. The van der Waals surface area contributed by atoms with E-state index in [0.29, 0.717) is 28.7 Å². The average molecular weight is 482 g/mol. The molecule has 1 aromatic heterocycles. The van der Waals surface area contributed by atoms with Gasteiger partial charge in [-0.2, -0.15) is 5.26 Å². The van der Waals surface area contributed by atoms with Crippen LogP contribution in [0.3, 0.4) is 0 Å². The largest absolute Gasteiger partial charge is 0.370 e. The summed E-state index contributed by atoms with van der Waals surface area (Å²) < 4.78 is 29.0. The molecule has 10 heteroatoms. The highest BCUT2D eigenvalue weighted by Crippen LogP contribution is 2.36. The molecule has 2 unspecified atom stereocenters. The van der Waals surface area contributed by atoms with Crippen LogP contribution < -0.4 is 16.0 Å². The smallest absolute Gasteiger partial charge is 0.262 e. The number of nitrogens with zero attached hydrogens (tertiary/aromatic N) is 2. The summed E-state index contributed by atoms with van der Waals surface area (Å²) in [5, 5.41) is 18.1. The average Bonchev–Trinajstić information content (AvgIpc) is 3.26. The van der Waals surface area contributed by atoms with E-state index >= 15 is 0 Å². The van der Waals surface area contributed by atoms with Gasteiger partial charge in [0.15, 0.2) is 0 Å². The maximum atomic E-state index is 14.5. The molecule has 0 radical (unpaired) electrons. The molecule has 0 spiro atoms. The van der Waals surface area contributed by atoms with Crippen LogP contribution >= 0.6 is 11.3 Å². The minimum atomic E-state index is -1.81. The Balaban J connectivity index is 1.50. The van der Waals surface area contributed by atoms with Gasteiger partial charge in [-0.1, -0.05) is 12.1 Å². The third-order valence-corrected chi connectivity index (χ3v) is 6.53. The van der Waals surface area contributed by atoms with Crippen LogP contribution in [0.25, 0.3) is 0 Å². The number of thiophene rings is 1. The summed E-state index contributed by atoms with van der Waals surface area (Å²) in [6.07, 6.45) is 1.72. The van der Waals surface area contributed by atoms with Crippen molar-refractivity contribution in [2.24, 2.45) is 4.99 Å². The molecule has 0 fully saturated rings. The topological polar surface area (TPSA) is 106 Å². The van der Waals surface area contributed by atoms with Gasteiger partial charge in [0.05, 0.1) is 40.3 Å². The first-order chi connectivity index (χ1) is 16.2. The third kappa shape index (κ3) is 4.75. The van der Waals surface area contributed by atoms with Crippen molar-refractivity contribution in [2.45, 2.75) is 31.5 Å². The van der Waals surface area contributed by atoms with Gasteiger partial charge in [-0.15, -0.1) is 11.3 Å². The van der Waals surface area contributed by atoms with E-state index < -0.39 is 35.3 Å². The van der Waals surface area contributed by atoms with E-state index in [4.69, 9.17) is 0 Å². The number of nitrogens with one attached hydrogen (secondary N) is 3. The lowest BCUT2D eigenvalue weighted by molar-refractivity contribution is 0.0934. The van der Waals surface area contributed by atoms with Crippen molar-refractivity contribution < 1.29 is 18.4 Å². The maximum absolute atomic E-state index is 14.5. The number of hydrogen-bond acceptors (Lipinski definition) is 6. The Hall–Kier alpha value is -3.84. The number of amides is 2. The van der Waals surface area contributed by atoms with E-state index in [2.05, 4.69) is 27.0 Å². The molecular formula is C24H21F2N5O2S. The van der Waals surface area contributed by atoms with Crippen LogP contribution in [0.4, 0.5) is 19.5 Å². The molecular weight excluding hydrogens is 460 g/mol. The van der Waals surface area contributed by atoms with Crippen molar-refractivity contribution in [1.82, 2.24) is 10.6 Å². The van der Waals surface area contributed by atoms with Gasteiger partial charge in [0, 0.05) is 11.8 Å². The van der Waals surface area contributed by atoms with Crippen molar-refractivity contribution in [3.8, 4) is 6.07 Å². The number of carbonyl (C=O) groups excluding carboxylic acids is 2. The Morgan fingerprint density at radius 1 is 1.26 bits per heavy atom. The summed E-state index contributed by atoms with van der Waals surface area (Å²) >= 11 is 1.19. The van der Waals surface area contributed by atoms with Crippen molar-refractivity contribution in [1.29, 1.82) is 5.26 Å². The van der Waals surface area contributed by atoms with Gasteiger partial charge in [-0.05, 0) is 49.8 Å². The first kappa shape index (κ1) is 23.3. The first-order valence-electron chi connectivity index (χ1n) is 10.5. The Labute approximate surface area is 198 Å². The van der Waals surface area contributed by atoms with Crippen molar-refractivity contribution in [2.75, 3.05) is 11.9 Å². The summed E-state index contributed by atoms with van der Waals surface area (Å²) in [7, 11) is 0. The highest BCUT2D eigenvalue weighted by Gasteiger charge is 2.29. The van der Waals surface area contributed by atoms with Gasteiger partial charge in [0.25, 0.3) is 11.8 Å². The molecule has 0 saturated carbocycles. The number of allylic oxidation sites excluding steroid dienone is 1. The molecule has 0 saturated heterocycles. The number of rotatable bonds is 5. The van der Waals surface area contributed by atoms with Gasteiger partial charge >= 0.3 is 0 Å². The van der Waals surface area contributed by atoms with E-state index in [1.54, 1.807) is 44.3 Å². The monoisotopic (exact) mass is 481 g/mol. The Kier molecular flexibility index (Phi) is 6.30. The highest BCUT2D eigenvalue weighted by molar-refractivity contribution is 7.18. The number of anilines is 1. The number of fused-ring (bicyclic) bond motifs is 1. The molecule has 34 heavy (non-hydrogen) atoms. The lowest BCUT2D eigenvalue weighted by Gasteiger charge is -2.23. The molecule has 2 amide bonds. The predicted octanol–water partition coefficient (Wildman–Crippen LogP) is 4.29. The Morgan fingerprint density at radius 2 is 2.06 bits per heavy atom. The predicted molar refractivity (Wildman–Crippen MR) is 127 cm³/mol. The van der Waals surface area contributed by atoms with E-state index in [0.717, 1.165) is 11.1 Å². The van der Waals surface area contributed by atoms with Gasteiger partial charge < -0.3 is 16.0 Å². The van der Waals surface area contributed by atoms with Crippen LogP contribution in [0.2, 0.25) is 0 Å². The lowest BCUT2D eigenvalue weighted by atomic mass is 9.85. The van der Waals surface area contributed by atoms with Gasteiger partial charge in [0.1, 0.15) is 17.0 Å². The zero-order valence-electron chi connectivity index (χ0n) is 18.4. The Bertz CT molecular complexity index is 1290. The van der Waals surface area contributed by atoms with E-state index in [-0.39, 0.29) is 11.3 Å². The number of nitriles is 1. The number of alkyl halides is 1. The molecule has 3 N–H and O–H groups in total. The van der Waals surface area contributed by atoms with Crippen LogP contribution in [0, 0.1) is 11.3 Å². The molecule has 2 heterocycles. The summed E-state index contributed by atoms with van der Waals surface area (Å²) in [5.41, 5.74) is 0.408. The molecule has 2 atom stereocenters. The SMILES string of the molecule is CC(C)(C#N)c1cccc(C(=O)NC2=CC(NC(=O)c3cc4c(s3)NCC=N4)C(F)C=C2F)c1. The van der Waals surface area contributed by atoms with E-state index in [9.17, 15) is 23.6 Å². The molecule has 0 bridgehead atoms. The second-order valence-electron chi connectivity index (χ2n) is 8.33. The second-order valence-corrected chi connectivity index (χ2v) is 9.38. The van der Waals surface area contributed by atoms with E-state index in [1.165, 1.54) is 17.4 Å². The lowest BCUT2D eigenvalue weighted by Crippen LogP contribution is -2.42. The number of hydrogen-bond donors (Lipinski definition) is 3. The second kappa shape index (κ2) is 9.19. The van der Waals surface area contributed by atoms with Crippen LogP contribution in [0.5, 0.6) is 0 Å². The zero-order valence-corrected chi connectivity index (χ0v) is 19.2. The van der Waals surface area contributed by atoms with E-state index in [1.807, 2.05) is 0 Å². The molecule has 174 valence electrons. The number of benzene rings is 1. The molecule has 7 nitrogen and oxygen atoms in total. The van der Waals surface area contributed by atoms with Crippen LogP contribution in [-0.2, 0) is 5.41 Å². The minimum Gasteiger partial charge on any atom is -0.370 e. The minimum absolute atomic E-state index is 0.217. The molecule has 1 aromatic carbocycles. The summed E-state index contributed by atoms with van der Waals surface area (Å²) in [6, 6.07) is 9.01. The molecule has 4 rings (SSSR count). The zero-order chi connectivity index (χ0) is 24.5. The molecule has 2 aliphatic rings. The van der Waals surface area contributed by atoms with Crippen molar-refractivity contribution >= 4 is 40.1 Å². The van der Waals surface area contributed by atoms with Gasteiger partial charge in [0.2, 0.25) is 0 Å². The Morgan fingerprint density at radius 3 is 2.79 bits per heavy atom. The first-order valence-corrected chi connectivity index (χ1v) is 11.3. The van der Waals surface area contributed by atoms with Crippen LogP contribution in [-0.4, -0.2) is 36.8 Å². The number of aliphatic imine (C=N–C) groups is 1. The molecule has 1 aliphatic heterocycles. The fourth-order valence-corrected chi connectivity index (χ4v) is 4.35. The summed E-state index contributed by atoms with van der Waals surface area (Å²) in [5.74, 6) is -2.10. The maximum Gasteiger partial charge on any atom is 0.262 e. The van der Waals surface area contributed by atoms with Crippen molar-refractivity contribution in [3.63, 3.8) is 0 Å². The standard InChI is InChI=1S/C24H21F2N5O2S/c1-24(2,12-27)14-5-3-4-13(8-14)21(32)30-17-10-18(16(26)9-15(17)25)31-22(33)20-11-19-23(34-20)29-7-6-28-19/h3-6,8-11,16,18,29H,7H2,1-2H3,(H,30,32)(H,31,33). The van der Waals surface area contributed by atoms with Gasteiger partial charge in [-0.3, -0.25) is 14.6 Å². The normalized spacial score (nSPS) is 19.1. The molecule has 1 aliphatic carbocycles. The fraction of sp³-hybridized carbons (Fsp3) is 0.250. The number of carbonyl (C=O) groups is 2. The number of halogens is 2. The fourth-order valence-electron chi connectivity index (χ4n) is 3.44. The van der Waals surface area contributed by atoms with Gasteiger partial charge in [-0.25, -0.2) is 8.78 Å². The quantitative estimate of drug-likeness (QED) is 0.592. The third-order valence-electron chi connectivity index (χ3n) is 5.44. The van der Waals surface area contributed by atoms with Crippen molar-refractivity contribution in [3.05, 3.63) is 70.0 Å². The highest BCUT2D eigenvalue weighted by atomic mass is 32.1. The summed E-state index contributed by atoms with van der Waals surface area (Å²) in [4.78, 5) is 29.9. The van der Waals surface area contributed by atoms with Crippen LogP contribution in [0.15, 0.2) is 59.0 Å². The summed E-state index contributed by atoms with van der Waals surface area (Å²) in [6.45, 7) is 3.99.